The van der Waals surface area contributed by atoms with Crippen LogP contribution in [0, 0.1) is 5.82 Å². The van der Waals surface area contributed by atoms with E-state index < -0.39 is 5.82 Å². The van der Waals surface area contributed by atoms with Crippen LogP contribution in [-0.2, 0) is 10.5 Å². The highest BCUT2D eigenvalue weighted by Gasteiger charge is 2.30. The number of thiazole rings is 1. The first kappa shape index (κ1) is 20.8. The Bertz CT molecular complexity index is 1250. The monoisotopic (exact) mass is 466 g/mol. The molecule has 0 atom stereocenters. The molecule has 1 aliphatic carbocycles. The number of pyridine rings is 1. The number of rotatable bonds is 7. The molecule has 162 valence electrons. The summed E-state index contributed by atoms with van der Waals surface area (Å²) in [6.07, 6.45) is 5.75. The van der Waals surface area contributed by atoms with Crippen LogP contribution in [0.15, 0.2) is 59.3 Å². The molecular weight excluding hydrogens is 447 g/mol. The number of nitrogens with zero attached hydrogens (tertiary/aromatic N) is 6. The molecule has 1 fully saturated rings. The summed E-state index contributed by atoms with van der Waals surface area (Å²) in [4.78, 5) is 22.3. The van der Waals surface area contributed by atoms with Crippen molar-refractivity contribution in [2.45, 2.75) is 36.7 Å². The van der Waals surface area contributed by atoms with E-state index in [0.717, 1.165) is 35.1 Å². The lowest BCUT2D eigenvalue weighted by Crippen LogP contribution is -2.23. The summed E-state index contributed by atoms with van der Waals surface area (Å²) in [7, 11) is 0. The van der Waals surface area contributed by atoms with Gasteiger partial charge in [0.05, 0.1) is 11.4 Å². The van der Waals surface area contributed by atoms with Gasteiger partial charge in [0.1, 0.15) is 5.82 Å². The first-order chi connectivity index (χ1) is 15.6. The van der Waals surface area contributed by atoms with E-state index in [1.54, 1.807) is 42.4 Å². The van der Waals surface area contributed by atoms with Gasteiger partial charge in [-0.15, -0.1) is 21.5 Å². The van der Waals surface area contributed by atoms with E-state index in [-0.39, 0.29) is 11.6 Å². The maximum absolute atomic E-state index is 14.3. The number of halogens is 1. The molecule has 0 bridgehead atoms. The third-order valence-electron chi connectivity index (χ3n) is 4.98. The highest BCUT2D eigenvalue weighted by molar-refractivity contribution is 7.98. The minimum Gasteiger partial charge on any atom is -0.299 e. The van der Waals surface area contributed by atoms with Crippen molar-refractivity contribution in [3.05, 3.63) is 65.7 Å². The van der Waals surface area contributed by atoms with Crippen molar-refractivity contribution in [1.82, 2.24) is 24.7 Å². The van der Waals surface area contributed by atoms with Gasteiger partial charge in [0.2, 0.25) is 5.91 Å². The Labute approximate surface area is 192 Å². The first-order valence-electron chi connectivity index (χ1n) is 10.1. The topological polar surface area (TPSA) is 76.8 Å². The highest BCUT2D eigenvalue weighted by atomic mass is 32.2. The zero-order chi connectivity index (χ0) is 22.1. The van der Waals surface area contributed by atoms with E-state index in [4.69, 9.17) is 0 Å². The lowest BCUT2D eigenvalue weighted by atomic mass is 10.3. The predicted molar refractivity (Wildman–Crippen MR) is 122 cm³/mol. The van der Waals surface area contributed by atoms with E-state index >= 15 is 0 Å². The third kappa shape index (κ3) is 4.15. The van der Waals surface area contributed by atoms with E-state index in [0.29, 0.717) is 16.9 Å². The van der Waals surface area contributed by atoms with E-state index in [1.807, 2.05) is 17.5 Å². The van der Waals surface area contributed by atoms with Gasteiger partial charge >= 0.3 is 0 Å². The van der Waals surface area contributed by atoms with Crippen molar-refractivity contribution < 1.29 is 9.18 Å². The van der Waals surface area contributed by atoms with Crippen molar-refractivity contribution in [3.8, 4) is 11.4 Å². The maximum Gasteiger partial charge on any atom is 0.230 e. The second-order valence-corrected chi connectivity index (χ2v) is 9.14. The Morgan fingerprint density at radius 1 is 1.25 bits per heavy atom. The number of carbonyl (C=O) groups excluding carboxylic acids is 1. The van der Waals surface area contributed by atoms with Crippen LogP contribution in [-0.4, -0.2) is 30.6 Å². The van der Waals surface area contributed by atoms with Crippen LogP contribution in [0.1, 0.15) is 31.5 Å². The van der Waals surface area contributed by atoms with Gasteiger partial charge < -0.3 is 0 Å². The predicted octanol–water partition coefficient (Wildman–Crippen LogP) is 5.25. The zero-order valence-corrected chi connectivity index (χ0v) is 18.8. The van der Waals surface area contributed by atoms with Gasteiger partial charge in [-0.05, 0) is 37.1 Å². The molecule has 0 N–H and O–H groups in total. The number of aromatic nitrogens is 5. The van der Waals surface area contributed by atoms with Crippen molar-refractivity contribution in [2.75, 3.05) is 4.90 Å². The second kappa shape index (κ2) is 8.79. The molecule has 0 spiro atoms. The zero-order valence-electron chi connectivity index (χ0n) is 17.2. The van der Waals surface area contributed by atoms with Crippen molar-refractivity contribution in [3.63, 3.8) is 0 Å². The number of amides is 1. The van der Waals surface area contributed by atoms with Gasteiger partial charge in [-0.1, -0.05) is 23.9 Å². The summed E-state index contributed by atoms with van der Waals surface area (Å²) in [5, 5.41) is 12.0. The lowest BCUT2D eigenvalue weighted by Gasteiger charge is -2.18. The van der Waals surface area contributed by atoms with Crippen LogP contribution in [0.25, 0.3) is 11.4 Å². The number of hydrogen-bond acceptors (Lipinski definition) is 7. The molecule has 1 amide bonds. The number of hydrogen-bond donors (Lipinski definition) is 0. The molecule has 1 saturated carbocycles. The lowest BCUT2D eigenvalue weighted by molar-refractivity contribution is -0.115. The van der Waals surface area contributed by atoms with E-state index in [2.05, 4.69) is 24.7 Å². The normalized spacial score (nSPS) is 13.3. The minimum absolute atomic E-state index is 0.197. The standard InChI is InChI=1S/C22H19FN6OS2/c1-14(30)28(19-7-3-2-6-18(19)23)21-25-16(12-31-21)13-32-22-27-26-20(29(22)17-8-9-17)15-5-4-10-24-11-15/h2-7,10-12,17H,8-9,13H2,1H3. The van der Waals surface area contributed by atoms with Crippen molar-refractivity contribution in [2.24, 2.45) is 0 Å². The van der Waals surface area contributed by atoms with E-state index in [9.17, 15) is 9.18 Å². The van der Waals surface area contributed by atoms with Gasteiger partial charge in [-0.3, -0.25) is 19.2 Å². The largest absolute Gasteiger partial charge is 0.299 e. The van der Waals surface area contributed by atoms with Gasteiger partial charge in [-0.2, -0.15) is 0 Å². The van der Waals surface area contributed by atoms with Gasteiger partial charge in [0.15, 0.2) is 16.1 Å². The quantitative estimate of drug-likeness (QED) is 0.346. The Morgan fingerprint density at radius 3 is 2.81 bits per heavy atom. The fourth-order valence-corrected chi connectivity index (χ4v) is 5.26. The van der Waals surface area contributed by atoms with Crippen molar-refractivity contribution >= 4 is 39.8 Å². The first-order valence-corrected chi connectivity index (χ1v) is 12.0. The van der Waals surface area contributed by atoms with Gasteiger partial charge in [0.25, 0.3) is 0 Å². The summed E-state index contributed by atoms with van der Waals surface area (Å²) in [6.45, 7) is 1.40. The molecule has 7 nitrogen and oxygen atoms in total. The number of thioether (sulfide) groups is 1. The SMILES string of the molecule is CC(=O)N(c1nc(CSc2nnc(-c3cccnc3)n2C2CC2)cs1)c1ccccc1F. The smallest absolute Gasteiger partial charge is 0.230 e. The van der Waals surface area contributed by atoms with Crippen LogP contribution >= 0.6 is 23.1 Å². The number of carbonyl (C=O) groups is 1. The van der Waals surface area contributed by atoms with E-state index in [1.165, 1.54) is 29.2 Å². The van der Waals surface area contributed by atoms with Crippen molar-refractivity contribution in [1.29, 1.82) is 0 Å². The summed E-state index contributed by atoms with van der Waals surface area (Å²) in [5.41, 5.74) is 1.94. The van der Waals surface area contributed by atoms with Gasteiger partial charge in [0, 0.05) is 42.1 Å². The summed E-state index contributed by atoms with van der Waals surface area (Å²) < 4.78 is 16.5. The minimum atomic E-state index is -0.464. The average Bonchev–Trinajstić information content (AvgIpc) is 3.38. The fourth-order valence-electron chi connectivity index (χ4n) is 3.37. The number of benzene rings is 1. The van der Waals surface area contributed by atoms with Crippen LogP contribution in [0.3, 0.4) is 0 Å². The molecule has 4 aromatic rings. The van der Waals surface area contributed by atoms with Crippen LogP contribution in [0.2, 0.25) is 0 Å². The summed E-state index contributed by atoms with van der Waals surface area (Å²) >= 11 is 2.86. The summed E-state index contributed by atoms with van der Waals surface area (Å²) in [5.74, 6) is 0.633. The Balaban J connectivity index is 1.36. The Kier molecular flexibility index (Phi) is 5.71. The molecule has 1 aliphatic rings. The van der Waals surface area contributed by atoms with Crippen LogP contribution in [0.5, 0.6) is 0 Å². The highest BCUT2D eigenvalue weighted by Crippen LogP contribution is 2.41. The molecule has 10 heteroatoms. The molecule has 5 rings (SSSR count). The fraction of sp³-hybridized carbons (Fsp3) is 0.227. The second-order valence-electron chi connectivity index (χ2n) is 7.36. The molecule has 3 heterocycles. The molecule has 1 aromatic carbocycles. The molecule has 3 aromatic heterocycles. The molecule has 0 aliphatic heterocycles. The summed E-state index contributed by atoms with van der Waals surface area (Å²) in [6, 6.07) is 10.5. The maximum atomic E-state index is 14.3. The van der Waals surface area contributed by atoms with Crippen LogP contribution in [0.4, 0.5) is 15.2 Å². The number of para-hydroxylation sites is 1. The van der Waals surface area contributed by atoms with Gasteiger partial charge in [-0.25, -0.2) is 9.37 Å². The third-order valence-corrected chi connectivity index (χ3v) is 6.84. The Hall–Kier alpha value is -3.11. The van der Waals surface area contributed by atoms with Crippen LogP contribution < -0.4 is 4.90 Å². The Morgan fingerprint density at radius 2 is 2.09 bits per heavy atom. The average molecular weight is 467 g/mol. The molecule has 0 saturated heterocycles. The molecule has 32 heavy (non-hydrogen) atoms. The molecule has 0 radical (unpaired) electrons. The molecular formula is C22H19FN6OS2. The number of anilines is 2. The molecule has 0 unspecified atom stereocenters.